The van der Waals surface area contributed by atoms with Crippen molar-refractivity contribution in [1.82, 2.24) is 30.4 Å². The lowest BCUT2D eigenvalue weighted by Crippen LogP contribution is -2.33. The summed E-state index contributed by atoms with van der Waals surface area (Å²) < 4.78 is 2.10. The third kappa shape index (κ3) is 4.14. The van der Waals surface area contributed by atoms with Gasteiger partial charge in [-0.3, -0.25) is 9.59 Å². The zero-order valence-electron chi connectivity index (χ0n) is 14.6. The fraction of sp³-hybridized carbons (Fsp3) is 0.529. The molecule has 3 heterocycles. The summed E-state index contributed by atoms with van der Waals surface area (Å²) in [6.45, 7) is 6.72. The SMILES string of the molecule is CC(C)C[C@H](NC(=O)c1cccc(=O)[nH]1)c1nnc2n1CCNCC2. The first kappa shape index (κ1) is 17.3. The average Bonchev–Trinajstić information content (AvgIpc) is 2.82. The third-order valence-corrected chi connectivity index (χ3v) is 4.23. The minimum Gasteiger partial charge on any atom is -0.341 e. The summed E-state index contributed by atoms with van der Waals surface area (Å²) in [6.07, 6.45) is 1.57. The molecule has 8 heteroatoms. The number of nitrogens with zero attached hydrogens (tertiary/aromatic N) is 3. The van der Waals surface area contributed by atoms with E-state index in [1.165, 1.54) is 6.07 Å². The van der Waals surface area contributed by atoms with Gasteiger partial charge in [0.1, 0.15) is 11.5 Å². The lowest BCUT2D eigenvalue weighted by molar-refractivity contribution is 0.0923. The Hall–Kier alpha value is -2.48. The number of amides is 1. The molecule has 0 unspecified atom stereocenters. The number of fused-ring (bicyclic) bond motifs is 1. The van der Waals surface area contributed by atoms with Crippen LogP contribution < -0.4 is 16.2 Å². The van der Waals surface area contributed by atoms with Gasteiger partial charge in [0, 0.05) is 32.1 Å². The summed E-state index contributed by atoms with van der Waals surface area (Å²) in [5.74, 6) is 1.78. The highest BCUT2D eigenvalue weighted by Gasteiger charge is 2.25. The fourth-order valence-corrected chi connectivity index (χ4v) is 3.07. The molecule has 134 valence electrons. The average molecular weight is 344 g/mol. The maximum Gasteiger partial charge on any atom is 0.268 e. The number of H-pyrrole nitrogens is 1. The largest absolute Gasteiger partial charge is 0.341 e. The van der Waals surface area contributed by atoms with E-state index >= 15 is 0 Å². The fourth-order valence-electron chi connectivity index (χ4n) is 3.07. The van der Waals surface area contributed by atoms with Crippen LogP contribution in [-0.2, 0) is 13.0 Å². The number of rotatable bonds is 5. The van der Waals surface area contributed by atoms with Gasteiger partial charge in [-0.15, -0.1) is 10.2 Å². The number of aromatic nitrogens is 4. The van der Waals surface area contributed by atoms with Gasteiger partial charge in [0.25, 0.3) is 5.91 Å². The second-order valence-electron chi connectivity index (χ2n) is 6.71. The predicted molar refractivity (Wildman–Crippen MR) is 93.3 cm³/mol. The first-order chi connectivity index (χ1) is 12.0. The van der Waals surface area contributed by atoms with Gasteiger partial charge in [-0.2, -0.15) is 0 Å². The topological polar surface area (TPSA) is 105 Å². The van der Waals surface area contributed by atoms with Crippen molar-refractivity contribution in [3.05, 3.63) is 45.9 Å². The van der Waals surface area contributed by atoms with E-state index < -0.39 is 0 Å². The van der Waals surface area contributed by atoms with Crippen LogP contribution in [0.15, 0.2) is 23.0 Å². The molecule has 1 aliphatic rings. The Labute approximate surface area is 146 Å². The van der Waals surface area contributed by atoms with E-state index in [-0.39, 0.29) is 23.2 Å². The van der Waals surface area contributed by atoms with Crippen molar-refractivity contribution in [2.45, 2.75) is 39.3 Å². The van der Waals surface area contributed by atoms with Crippen LogP contribution >= 0.6 is 0 Å². The van der Waals surface area contributed by atoms with E-state index in [4.69, 9.17) is 0 Å². The molecule has 0 bridgehead atoms. The Morgan fingerprint density at radius 2 is 2.16 bits per heavy atom. The summed E-state index contributed by atoms with van der Waals surface area (Å²) >= 11 is 0. The van der Waals surface area contributed by atoms with Gasteiger partial charge in [-0.05, 0) is 18.4 Å². The number of carbonyl (C=O) groups is 1. The molecular weight excluding hydrogens is 320 g/mol. The molecule has 0 aliphatic carbocycles. The van der Waals surface area contributed by atoms with E-state index in [1.54, 1.807) is 12.1 Å². The molecule has 0 saturated heterocycles. The van der Waals surface area contributed by atoms with Crippen LogP contribution in [0.4, 0.5) is 0 Å². The zero-order chi connectivity index (χ0) is 17.8. The molecule has 8 nitrogen and oxygen atoms in total. The Morgan fingerprint density at radius 1 is 1.32 bits per heavy atom. The van der Waals surface area contributed by atoms with Crippen LogP contribution in [0, 0.1) is 5.92 Å². The van der Waals surface area contributed by atoms with Crippen molar-refractivity contribution in [3.63, 3.8) is 0 Å². The summed E-state index contributed by atoms with van der Waals surface area (Å²) in [4.78, 5) is 26.6. The molecule has 0 aromatic carbocycles. The van der Waals surface area contributed by atoms with Gasteiger partial charge in [0.05, 0.1) is 6.04 Å². The number of hydrogen-bond acceptors (Lipinski definition) is 5. The van der Waals surface area contributed by atoms with E-state index in [0.717, 1.165) is 44.1 Å². The first-order valence-corrected chi connectivity index (χ1v) is 8.67. The van der Waals surface area contributed by atoms with Crippen molar-refractivity contribution in [2.75, 3.05) is 13.1 Å². The second kappa shape index (κ2) is 7.60. The highest BCUT2D eigenvalue weighted by atomic mass is 16.2. The number of aromatic amines is 1. The smallest absolute Gasteiger partial charge is 0.268 e. The van der Waals surface area contributed by atoms with Crippen LogP contribution in [0.3, 0.4) is 0 Å². The predicted octanol–water partition coefficient (Wildman–Crippen LogP) is 0.629. The monoisotopic (exact) mass is 344 g/mol. The number of hydrogen-bond donors (Lipinski definition) is 3. The second-order valence-corrected chi connectivity index (χ2v) is 6.71. The Balaban J connectivity index is 1.86. The van der Waals surface area contributed by atoms with Crippen molar-refractivity contribution >= 4 is 5.91 Å². The maximum absolute atomic E-state index is 12.6. The molecule has 2 aromatic rings. The first-order valence-electron chi connectivity index (χ1n) is 8.67. The molecule has 0 fully saturated rings. The minimum atomic E-state index is -0.313. The molecule has 1 amide bonds. The number of pyridine rings is 1. The quantitative estimate of drug-likeness (QED) is 0.738. The molecule has 0 saturated carbocycles. The molecular formula is C17H24N6O2. The lowest BCUT2D eigenvalue weighted by atomic mass is 10.0. The number of nitrogens with one attached hydrogen (secondary N) is 3. The van der Waals surface area contributed by atoms with Crippen molar-refractivity contribution in [1.29, 1.82) is 0 Å². The lowest BCUT2D eigenvalue weighted by Gasteiger charge is -2.21. The van der Waals surface area contributed by atoms with Gasteiger partial charge in [-0.1, -0.05) is 19.9 Å². The molecule has 2 aromatic heterocycles. The molecule has 25 heavy (non-hydrogen) atoms. The van der Waals surface area contributed by atoms with Crippen molar-refractivity contribution < 1.29 is 4.79 Å². The van der Waals surface area contributed by atoms with E-state index in [2.05, 4.69) is 44.2 Å². The van der Waals surface area contributed by atoms with Crippen LogP contribution in [-0.4, -0.2) is 38.7 Å². The highest BCUT2D eigenvalue weighted by Crippen LogP contribution is 2.22. The normalized spacial score (nSPS) is 15.5. The van der Waals surface area contributed by atoms with Gasteiger partial charge in [0.15, 0.2) is 5.82 Å². The van der Waals surface area contributed by atoms with Crippen LogP contribution in [0.2, 0.25) is 0 Å². The molecule has 3 rings (SSSR count). The van der Waals surface area contributed by atoms with Crippen LogP contribution in [0.25, 0.3) is 0 Å². The summed E-state index contributed by atoms with van der Waals surface area (Å²) in [7, 11) is 0. The van der Waals surface area contributed by atoms with E-state index in [0.29, 0.717) is 5.92 Å². The Morgan fingerprint density at radius 3 is 2.92 bits per heavy atom. The van der Waals surface area contributed by atoms with Crippen LogP contribution in [0.5, 0.6) is 0 Å². The summed E-state index contributed by atoms with van der Waals surface area (Å²) in [6, 6.07) is 4.29. The van der Waals surface area contributed by atoms with Crippen LogP contribution in [0.1, 0.15) is 48.4 Å². The standard InChI is InChI=1S/C17H24N6O2/c1-11(2)10-13(20-17(25)12-4-3-5-15(24)19-12)16-22-21-14-6-7-18-8-9-23(14)16/h3-5,11,13,18H,6-10H2,1-2H3,(H,19,24)(H,20,25)/t13-/m0/s1. The number of carbonyl (C=O) groups excluding carboxylic acids is 1. The molecule has 0 spiro atoms. The van der Waals surface area contributed by atoms with Gasteiger partial charge in [0.2, 0.25) is 5.56 Å². The van der Waals surface area contributed by atoms with Crippen molar-refractivity contribution in [3.8, 4) is 0 Å². The highest BCUT2D eigenvalue weighted by molar-refractivity contribution is 5.92. The Bertz CT molecular complexity index is 794. The Kier molecular flexibility index (Phi) is 5.28. The van der Waals surface area contributed by atoms with Gasteiger partial charge < -0.3 is 20.2 Å². The maximum atomic E-state index is 12.6. The zero-order valence-corrected chi connectivity index (χ0v) is 14.6. The van der Waals surface area contributed by atoms with E-state index in [9.17, 15) is 9.59 Å². The molecule has 1 atom stereocenters. The van der Waals surface area contributed by atoms with Crippen molar-refractivity contribution in [2.24, 2.45) is 5.92 Å². The van der Waals surface area contributed by atoms with Gasteiger partial charge >= 0.3 is 0 Å². The molecule has 3 N–H and O–H groups in total. The molecule has 0 radical (unpaired) electrons. The van der Waals surface area contributed by atoms with E-state index in [1.807, 2.05) is 0 Å². The van der Waals surface area contributed by atoms with Gasteiger partial charge in [-0.25, -0.2) is 0 Å². The minimum absolute atomic E-state index is 0.249. The molecule has 1 aliphatic heterocycles. The summed E-state index contributed by atoms with van der Waals surface area (Å²) in [5, 5.41) is 15.0. The summed E-state index contributed by atoms with van der Waals surface area (Å²) in [5.41, 5.74) is -0.0472. The third-order valence-electron chi connectivity index (χ3n) is 4.23.